The Balaban J connectivity index is 3.38. The van der Waals surface area contributed by atoms with Gasteiger partial charge in [0.15, 0.2) is 0 Å². The van der Waals surface area contributed by atoms with E-state index < -0.39 is 10.0 Å². The molecule has 0 saturated carbocycles. The van der Waals surface area contributed by atoms with Gasteiger partial charge in [-0.25, -0.2) is 8.42 Å². The number of aryl methyl sites for hydroxylation is 1. The lowest BCUT2D eigenvalue weighted by molar-refractivity contribution is 0.342. The van der Waals surface area contributed by atoms with Gasteiger partial charge < -0.3 is 0 Å². The highest BCUT2D eigenvalue weighted by atomic mass is 79.9. The minimum absolute atomic E-state index is 0.0121. The van der Waals surface area contributed by atoms with Crippen LogP contribution >= 0.6 is 31.9 Å². The molecule has 0 aliphatic carbocycles. The molecule has 0 bridgehead atoms. The van der Waals surface area contributed by atoms with Gasteiger partial charge in [0.2, 0.25) is 10.0 Å². The zero-order valence-corrected chi connectivity index (χ0v) is 15.6. The number of sulfonamides is 1. The predicted octanol–water partition coefficient (Wildman–Crippen LogP) is 4.33. The third kappa shape index (κ3) is 3.60. The van der Waals surface area contributed by atoms with Crippen LogP contribution in [0.1, 0.15) is 32.8 Å². The molecular weight excluding hydrogens is 394 g/mol. The van der Waals surface area contributed by atoms with Gasteiger partial charge in [0.1, 0.15) is 0 Å². The average molecular weight is 413 g/mol. The molecule has 0 N–H and O–H groups in total. The van der Waals surface area contributed by atoms with Crippen molar-refractivity contribution in [2.75, 3.05) is 6.54 Å². The monoisotopic (exact) mass is 411 g/mol. The van der Waals surface area contributed by atoms with E-state index in [1.807, 2.05) is 33.8 Å². The molecule has 0 aromatic heterocycles. The van der Waals surface area contributed by atoms with Crippen molar-refractivity contribution in [2.24, 2.45) is 0 Å². The number of benzene rings is 1. The van der Waals surface area contributed by atoms with Crippen molar-refractivity contribution >= 4 is 41.9 Å². The first-order valence-electron chi connectivity index (χ1n) is 6.23. The first-order valence-corrected chi connectivity index (χ1v) is 9.25. The smallest absolute Gasteiger partial charge is 0.207 e. The van der Waals surface area contributed by atoms with Crippen LogP contribution in [0.2, 0.25) is 0 Å². The minimum Gasteiger partial charge on any atom is -0.207 e. The number of hydrogen-bond acceptors (Lipinski definition) is 2. The number of nitrogens with zero attached hydrogens (tertiary/aromatic N) is 1. The summed E-state index contributed by atoms with van der Waals surface area (Å²) in [6.07, 6.45) is 0.789. The van der Waals surface area contributed by atoms with Crippen LogP contribution < -0.4 is 0 Å². The molecular formula is C13H19Br2NO2S. The number of halogens is 2. The topological polar surface area (TPSA) is 37.4 Å². The molecule has 3 nitrogen and oxygen atoms in total. The molecule has 0 amide bonds. The molecule has 1 atom stereocenters. The van der Waals surface area contributed by atoms with Gasteiger partial charge in [-0.3, -0.25) is 0 Å². The van der Waals surface area contributed by atoms with Crippen molar-refractivity contribution in [1.29, 1.82) is 0 Å². The molecule has 0 aliphatic rings. The first kappa shape index (κ1) is 17.1. The zero-order chi connectivity index (χ0) is 14.8. The predicted molar refractivity (Wildman–Crippen MR) is 85.9 cm³/mol. The molecule has 0 spiro atoms. The normalized spacial score (nSPS) is 13.8. The van der Waals surface area contributed by atoms with Gasteiger partial charge in [0.25, 0.3) is 0 Å². The van der Waals surface area contributed by atoms with Gasteiger partial charge in [-0.15, -0.1) is 0 Å². The Kier molecular flexibility index (Phi) is 6.04. The molecule has 1 unspecified atom stereocenters. The van der Waals surface area contributed by atoms with Crippen molar-refractivity contribution < 1.29 is 8.42 Å². The highest BCUT2D eigenvalue weighted by Gasteiger charge is 2.29. The molecule has 0 radical (unpaired) electrons. The van der Waals surface area contributed by atoms with Crippen molar-refractivity contribution in [1.82, 2.24) is 4.31 Å². The Morgan fingerprint density at radius 3 is 2.26 bits per heavy atom. The van der Waals surface area contributed by atoms with Gasteiger partial charge in [-0.2, -0.15) is 4.31 Å². The van der Waals surface area contributed by atoms with Crippen LogP contribution in [0.25, 0.3) is 0 Å². The summed E-state index contributed by atoms with van der Waals surface area (Å²) < 4.78 is 28.4. The molecule has 0 saturated heterocycles. The zero-order valence-electron chi connectivity index (χ0n) is 11.6. The van der Waals surface area contributed by atoms with Crippen molar-refractivity contribution in [3.8, 4) is 0 Å². The third-order valence-corrected chi connectivity index (χ3v) is 7.10. The fourth-order valence-corrected chi connectivity index (χ4v) is 5.23. The highest BCUT2D eigenvalue weighted by molar-refractivity contribution is 9.11. The van der Waals surface area contributed by atoms with E-state index in [-0.39, 0.29) is 6.04 Å². The lowest BCUT2D eigenvalue weighted by Gasteiger charge is -2.27. The molecule has 0 fully saturated rings. The van der Waals surface area contributed by atoms with E-state index in [9.17, 15) is 8.42 Å². The molecule has 1 aromatic carbocycles. The molecule has 0 heterocycles. The van der Waals surface area contributed by atoms with Crippen LogP contribution in [-0.4, -0.2) is 25.3 Å². The number of hydrogen-bond donors (Lipinski definition) is 0. The Labute approximate surface area is 132 Å². The van der Waals surface area contributed by atoms with Crippen LogP contribution in [-0.2, 0) is 10.0 Å². The summed E-state index contributed by atoms with van der Waals surface area (Å²) in [5.41, 5.74) is 0.998. The molecule has 6 heteroatoms. The third-order valence-electron chi connectivity index (χ3n) is 3.19. The van der Waals surface area contributed by atoms with Gasteiger partial charge in [0.05, 0.1) is 4.90 Å². The molecule has 1 aromatic rings. The molecule has 19 heavy (non-hydrogen) atoms. The van der Waals surface area contributed by atoms with Crippen LogP contribution in [0, 0.1) is 6.92 Å². The molecule has 1 rings (SSSR count). The second-order valence-electron chi connectivity index (χ2n) is 4.50. The summed E-state index contributed by atoms with van der Waals surface area (Å²) >= 11 is 6.75. The maximum atomic E-state index is 12.7. The van der Waals surface area contributed by atoms with E-state index in [4.69, 9.17) is 0 Å². The maximum absolute atomic E-state index is 12.7. The second kappa shape index (κ2) is 6.70. The van der Waals surface area contributed by atoms with Gasteiger partial charge in [0, 0.05) is 21.5 Å². The summed E-state index contributed by atoms with van der Waals surface area (Å²) in [5, 5.41) is 0. The summed E-state index contributed by atoms with van der Waals surface area (Å²) in [6, 6.07) is 3.48. The second-order valence-corrected chi connectivity index (χ2v) is 8.07. The molecule has 108 valence electrons. The van der Waals surface area contributed by atoms with Crippen LogP contribution in [0.3, 0.4) is 0 Å². The summed E-state index contributed by atoms with van der Waals surface area (Å²) in [4.78, 5) is 0.312. The van der Waals surface area contributed by atoms with E-state index in [1.54, 1.807) is 6.07 Å². The van der Waals surface area contributed by atoms with E-state index in [2.05, 4.69) is 31.9 Å². The fourth-order valence-electron chi connectivity index (χ4n) is 1.87. The van der Waals surface area contributed by atoms with Crippen molar-refractivity contribution in [3.63, 3.8) is 0 Å². The van der Waals surface area contributed by atoms with E-state index in [1.165, 1.54) is 4.31 Å². The van der Waals surface area contributed by atoms with Crippen LogP contribution in [0.5, 0.6) is 0 Å². The van der Waals surface area contributed by atoms with Crippen molar-refractivity contribution in [2.45, 2.75) is 45.1 Å². The largest absolute Gasteiger partial charge is 0.244 e. The summed E-state index contributed by atoms with van der Waals surface area (Å²) in [6.45, 7) is 8.18. The quantitative estimate of drug-likeness (QED) is 0.721. The van der Waals surface area contributed by atoms with Gasteiger partial charge in [-0.05, 0) is 53.9 Å². The number of rotatable bonds is 5. The molecule has 0 aliphatic heterocycles. The summed E-state index contributed by atoms with van der Waals surface area (Å²) in [7, 11) is -3.48. The standard InChI is InChI=1S/C13H19Br2NO2S/c1-5-10(4)16(6-2)19(17,18)13-8-11(14)9(3)7-12(13)15/h7-8,10H,5-6H2,1-4H3. The Bertz CT molecular complexity index is 558. The summed E-state index contributed by atoms with van der Waals surface area (Å²) in [5.74, 6) is 0. The van der Waals surface area contributed by atoms with Gasteiger partial charge in [-0.1, -0.05) is 29.8 Å². The first-order chi connectivity index (χ1) is 8.75. The van der Waals surface area contributed by atoms with Crippen LogP contribution in [0.4, 0.5) is 0 Å². The van der Waals surface area contributed by atoms with E-state index in [0.29, 0.717) is 15.9 Å². The Morgan fingerprint density at radius 2 is 1.79 bits per heavy atom. The Hall–Kier alpha value is 0.0900. The maximum Gasteiger partial charge on any atom is 0.244 e. The SMILES string of the molecule is CCC(C)N(CC)S(=O)(=O)c1cc(Br)c(C)cc1Br. The van der Waals surface area contributed by atoms with Gasteiger partial charge >= 0.3 is 0 Å². The van der Waals surface area contributed by atoms with E-state index in [0.717, 1.165) is 16.5 Å². The van der Waals surface area contributed by atoms with Crippen molar-refractivity contribution in [3.05, 3.63) is 26.6 Å². The lowest BCUT2D eigenvalue weighted by Crippen LogP contribution is -2.38. The Morgan fingerprint density at radius 1 is 1.21 bits per heavy atom. The minimum atomic E-state index is -3.48. The lowest BCUT2D eigenvalue weighted by atomic mass is 10.2. The fraction of sp³-hybridized carbons (Fsp3) is 0.538. The highest BCUT2D eigenvalue weighted by Crippen LogP contribution is 2.31. The van der Waals surface area contributed by atoms with Crippen LogP contribution in [0.15, 0.2) is 26.0 Å². The van der Waals surface area contributed by atoms with E-state index >= 15 is 0 Å². The average Bonchev–Trinajstić information content (AvgIpc) is 2.33.